The van der Waals surface area contributed by atoms with Crippen molar-refractivity contribution >= 4 is 17.3 Å². The van der Waals surface area contributed by atoms with Crippen molar-refractivity contribution < 1.29 is 4.92 Å². The van der Waals surface area contributed by atoms with Crippen LogP contribution in [0.4, 0.5) is 17.3 Å². The molecule has 2 aromatic rings. The highest BCUT2D eigenvalue weighted by atomic mass is 16.6. The Hall–Kier alpha value is -2.70. The van der Waals surface area contributed by atoms with E-state index in [1.165, 1.54) is 12.1 Å². The Morgan fingerprint density at radius 1 is 1.35 bits per heavy atom. The molecule has 1 N–H and O–H groups in total. The van der Waals surface area contributed by atoms with Crippen molar-refractivity contribution in [3.63, 3.8) is 0 Å². The van der Waals surface area contributed by atoms with Crippen molar-refractivity contribution in [3.05, 3.63) is 52.3 Å². The van der Waals surface area contributed by atoms with Gasteiger partial charge in [-0.3, -0.25) is 15.1 Å². The maximum absolute atomic E-state index is 10.9. The Labute approximate surface area is 116 Å². The van der Waals surface area contributed by atoms with Gasteiger partial charge >= 0.3 is 0 Å². The number of nitrogens with one attached hydrogen (secondary N) is 1. The maximum Gasteiger partial charge on any atom is 0.276 e. The number of aromatic nitrogens is 2. The number of pyridine rings is 2. The fraction of sp³-hybridized carbons (Fsp3) is 0.231. The van der Waals surface area contributed by atoms with E-state index in [9.17, 15) is 10.1 Å². The summed E-state index contributed by atoms with van der Waals surface area (Å²) in [6.07, 6.45) is 3.42. The fourth-order valence-electron chi connectivity index (χ4n) is 1.77. The van der Waals surface area contributed by atoms with Crippen LogP contribution in [0.2, 0.25) is 0 Å². The summed E-state index contributed by atoms with van der Waals surface area (Å²) in [5, 5.41) is 13.8. The highest BCUT2D eigenvalue weighted by molar-refractivity contribution is 5.55. The number of rotatable bonds is 5. The first-order valence-electron chi connectivity index (χ1n) is 6.04. The second-order valence-corrected chi connectivity index (χ2v) is 4.29. The van der Waals surface area contributed by atoms with Gasteiger partial charge in [0, 0.05) is 33.0 Å². The average Bonchev–Trinajstić information content (AvgIpc) is 2.47. The molecule has 0 aromatic carbocycles. The van der Waals surface area contributed by atoms with Gasteiger partial charge in [-0.25, -0.2) is 4.98 Å². The molecule has 0 aliphatic heterocycles. The summed E-state index contributed by atoms with van der Waals surface area (Å²) >= 11 is 0. The van der Waals surface area contributed by atoms with E-state index in [4.69, 9.17) is 0 Å². The lowest BCUT2D eigenvalue weighted by molar-refractivity contribution is -0.384. The van der Waals surface area contributed by atoms with E-state index in [1.807, 2.05) is 24.1 Å². The Morgan fingerprint density at radius 2 is 2.05 bits per heavy atom. The third kappa shape index (κ3) is 3.19. The molecule has 0 aliphatic rings. The van der Waals surface area contributed by atoms with Gasteiger partial charge in [-0.05, 0) is 17.7 Å². The summed E-state index contributed by atoms with van der Waals surface area (Å²) in [4.78, 5) is 20.6. The molecule has 0 saturated heterocycles. The standard InChI is InChI=1S/C13H15N5O2/c1-14-12-7-11(18(19)20)8-13(16-12)17(2)9-10-3-5-15-6-4-10/h3-8H,9H2,1-2H3,(H,14,16). The number of hydrogen-bond donors (Lipinski definition) is 1. The SMILES string of the molecule is CNc1cc([N+](=O)[O-])cc(N(C)Cc2ccncc2)n1. The lowest BCUT2D eigenvalue weighted by Crippen LogP contribution is -2.18. The summed E-state index contributed by atoms with van der Waals surface area (Å²) in [6.45, 7) is 0.597. The zero-order valence-electron chi connectivity index (χ0n) is 11.3. The molecular formula is C13H15N5O2. The van der Waals surface area contributed by atoms with Gasteiger partial charge in [0.05, 0.1) is 17.1 Å². The zero-order valence-corrected chi connectivity index (χ0v) is 11.3. The van der Waals surface area contributed by atoms with Gasteiger partial charge in [0.25, 0.3) is 5.69 Å². The third-order valence-electron chi connectivity index (χ3n) is 2.82. The Balaban J connectivity index is 2.27. The predicted octanol–water partition coefficient (Wildman–Crippen LogP) is 2.06. The van der Waals surface area contributed by atoms with Crippen molar-refractivity contribution in [2.24, 2.45) is 0 Å². The normalized spacial score (nSPS) is 10.1. The van der Waals surface area contributed by atoms with Crippen LogP contribution in [0.25, 0.3) is 0 Å². The first-order valence-corrected chi connectivity index (χ1v) is 6.04. The molecule has 7 heteroatoms. The van der Waals surface area contributed by atoms with Gasteiger partial charge in [-0.15, -0.1) is 0 Å². The number of nitro groups is 1. The molecule has 0 saturated carbocycles. The maximum atomic E-state index is 10.9. The first-order chi connectivity index (χ1) is 9.60. The molecule has 7 nitrogen and oxygen atoms in total. The molecule has 0 aliphatic carbocycles. The van der Waals surface area contributed by atoms with E-state index >= 15 is 0 Å². The lowest BCUT2D eigenvalue weighted by Gasteiger charge is -2.18. The average molecular weight is 273 g/mol. The van der Waals surface area contributed by atoms with Crippen LogP contribution in [0, 0.1) is 10.1 Å². The topological polar surface area (TPSA) is 84.2 Å². The highest BCUT2D eigenvalue weighted by Crippen LogP contribution is 2.23. The van der Waals surface area contributed by atoms with E-state index in [2.05, 4.69) is 15.3 Å². The van der Waals surface area contributed by atoms with Crippen molar-refractivity contribution in [2.75, 3.05) is 24.3 Å². The molecule has 2 heterocycles. The van der Waals surface area contributed by atoms with Crippen molar-refractivity contribution in [1.29, 1.82) is 0 Å². The second kappa shape index (κ2) is 5.96. The number of hydrogen-bond acceptors (Lipinski definition) is 6. The van der Waals surface area contributed by atoms with E-state index in [0.29, 0.717) is 18.2 Å². The summed E-state index contributed by atoms with van der Waals surface area (Å²) in [5.41, 5.74) is 1.07. The van der Waals surface area contributed by atoms with Crippen LogP contribution in [-0.2, 0) is 6.54 Å². The van der Waals surface area contributed by atoms with Gasteiger partial charge < -0.3 is 10.2 Å². The lowest BCUT2D eigenvalue weighted by atomic mass is 10.2. The number of anilines is 2. The van der Waals surface area contributed by atoms with Crippen LogP contribution in [0.1, 0.15) is 5.56 Å². The van der Waals surface area contributed by atoms with Gasteiger partial charge in [-0.1, -0.05) is 0 Å². The minimum absolute atomic E-state index is 0.0147. The molecule has 0 spiro atoms. The molecule has 0 atom stereocenters. The molecular weight excluding hydrogens is 258 g/mol. The van der Waals surface area contributed by atoms with Crippen LogP contribution in [0.5, 0.6) is 0 Å². The van der Waals surface area contributed by atoms with Crippen molar-refractivity contribution in [3.8, 4) is 0 Å². The highest BCUT2D eigenvalue weighted by Gasteiger charge is 2.13. The molecule has 0 radical (unpaired) electrons. The Kier molecular flexibility index (Phi) is 4.09. The summed E-state index contributed by atoms with van der Waals surface area (Å²) in [6, 6.07) is 6.66. The Bertz CT molecular complexity index is 603. The molecule has 104 valence electrons. The smallest absolute Gasteiger partial charge is 0.276 e. The molecule has 20 heavy (non-hydrogen) atoms. The largest absolute Gasteiger partial charge is 0.373 e. The van der Waals surface area contributed by atoms with Crippen LogP contribution in [-0.4, -0.2) is 29.0 Å². The second-order valence-electron chi connectivity index (χ2n) is 4.29. The molecule has 0 amide bonds. The fourth-order valence-corrected chi connectivity index (χ4v) is 1.77. The van der Waals surface area contributed by atoms with Crippen LogP contribution in [0.3, 0.4) is 0 Å². The molecule has 0 unspecified atom stereocenters. The van der Waals surface area contributed by atoms with Gasteiger partial charge in [0.2, 0.25) is 0 Å². The van der Waals surface area contributed by atoms with E-state index in [1.54, 1.807) is 19.4 Å². The molecule has 2 rings (SSSR count). The van der Waals surface area contributed by atoms with Gasteiger partial charge in [-0.2, -0.15) is 0 Å². The van der Waals surface area contributed by atoms with Crippen LogP contribution >= 0.6 is 0 Å². The van der Waals surface area contributed by atoms with Crippen molar-refractivity contribution in [2.45, 2.75) is 6.54 Å². The molecule has 2 aromatic heterocycles. The predicted molar refractivity (Wildman–Crippen MR) is 76.8 cm³/mol. The minimum atomic E-state index is -0.424. The Morgan fingerprint density at radius 3 is 2.65 bits per heavy atom. The monoisotopic (exact) mass is 273 g/mol. The van der Waals surface area contributed by atoms with Crippen molar-refractivity contribution in [1.82, 2.24) is 9.97 Å². The zero-order chi connectivity index (χ0) is 14.5. The van der Waals surface area contributed by atoms with Gasteiger partial charge in [0.15, 0.2) is 0 Å². The minimum Gasteiger partial charge on any atom is -0.373 e. The first kappa shape index (κ1) is 13.7. The summed E-state index contributed by atoms with van der Waals surface area (Å²) in [5.74, 6) is 1.01. The van der Waals surface area contributed by atoms with E-state index in [-0.39, 0.29) is 5.69 Å². The van der Waals surface area contributed by atoms with E-state index < -0.39 is 4.92 Å². The quantitative estimate of drug-likeness (QED) is 0.663. The number of nitrogens with zero attached hydrogens (tertiary/aromatic N) is 4. The third-order valence-corrected chi connectivity index (χ3v) is 2.82. The van der Waals surface area contributed by atoms with Gasteiger partial charge in [0.1, 0.15) is 11.6 Å². The summed E-state index contributed by atoms with van der Waals surface area (Å²) < 4.78 is 0. The molecule has 0 fully saturated rings. The van der Waals surface area contributed by atoms with Crippen LogP contribution in [0.15, 0.2) is 36.7 Å². The summed E-state index contributed by atoms with van der Waals surface area (Å²) in [7, 11) is 3.52. The van der Waals surface area contributed by atoms with E-state index in [0.717, 1.165) is 5.56 Å². The molecule has 0 bridgehead atoms. The van der Waals surface area contributed by atoms with Crippen LogP contribution < -0.4 is 10.2 Å².